The second-order valence-corrected chi connectivity index (χ2v) is 4.04. The summed E-state index contributed by atoms with van der Waals surface area (Å²) in [5.41, 5.74) is 9.32. The summed E-state index contributed by atoms with van der Waals surface area (Å²) in [6.07, 6.45) is 1.08. The van der Waals surface area contributed by atoms with Crippen molar-refractivity contribution >= 4 is 0 Å². The summed E-state index contributed by atoms with van der Waals surface area (Å²) in [4.78, 5) is 0. The standard InChI is InChI=1S/C13H21NO/c1-5-12(8-14)15-13-10(3)7-6-9(2)11(13)4/h6-7,12H,5,8,14H2,1-4H3. The molecule has 2 nitrogen and oxygen atoms in total. The van der Waals surface area contributed by atoms with Crippen LogP contribution in [-0.2, 0) is 0 Å². The van der Waals surface area contributed by atoms with Gasteiger partial charge in [-0.15, -0.1) is 0 Å². The molecule has 1 atom stereocenters. The van der Waals surface area contributed by atoms with Crippen LogP contribution in [0.2, 0.25) is 0 Å². The molecule has 0 spiro atoms. The summed E-state index contributed by atoms with van der Waals surface area (Å²) in [6.45, 7) is 8.94. The van der Waals surface area contributed by atoms with Gasteiger partial charge in [0.05, 0.1) is 0 Å². The number of rotatable bonds is 4. The summed E-state index contributed by atoms with van der Waals surface area (Å²) in [5.74, 6) is 1.01. The van der Waals surface area contributed by atoms with E-state index in [1.54, 1.807) is 0 Å². The van der Waals surface area contributed by atoms with Gasteiger partial charge in [-0.3, -0.25) is 0 Å². The molecule has 0 saturated heterocycles. The molecule has 1 aromatic rings. The van der Waals surface area contributed by atoms with Crippen LogP contribution in [-0.4, -0.2) is 12.6 Å². The Hall–Kier alpha value is -1.02. The van der Waals surface area contributed by atoms with E-state index in [0.717, 1.165) is 12.2 Å². The predicted molar refractivity (Wildman–Crippen MR) is 64.4 cm³/mol. The molecule has 0 bridgehead atoms. The number of ether oxygens (including phenoxy) is 1. The van der Waals surface area contributed by atoms with Crippen LogP contribution in [0.3, 0.4) is 0 Å². The lowest BCUT2D eigenvalue weighted by molar-refractivity contribution is 0.202. The third-order valence-corrected chi connectivity index (χ3v) is 2.88. The highest BCUT2D eigenvalue weighted by Gasteiger charge is 2.11. The largest absolute Gasteiger partial charge is 0.489 e. The van der Waals surface area contributed by atoms with E-state index in [9.17, 15) is 0 Å². The molecule has 0 amide bonds. The highest BCUT2D eigenvalue weighted by atomic mass is 16.5. The third-order valence-electron chi connectivity index (χ3n) is 2.88. The van der Waals surface area contributed by atoms with Crippen LogP contribution in [0, 0.1) is 20.8 Å². The maximum atomic E-state index is 5.93. The molecule has 0 aliphatic rings. The van der Waals surface area contributed by atoms with Gasteiger partial charge in [0, 0.05) is 6.54 Å². The second kappa shape index (κ2) is 5.17. The highest BCUT2D eigenvalue weighted by Crippen LogP contribution is 2.26. The maximum absolute atomic E-state index is 5.93. The lowest BCUT2D eigenvalue weighted by Gasteiger charge is -2.20. The first-order valence-electron chi connectivity index (χ1n) is 5.53. The normalized spacial score (nSPS) is 12.6. The van der Waals surface area contributed by atoms with E-state index in [1.165, 1.54) is 16.7 Å². The summed E-state index contributed by atoms with van der Waals surface area (Å²) in [6, 6.07) is 4.22. The van der Waals surface area contributed by atoms with Crippen LogP contribution in [0.15, 0.2) is 12.1 Å². The average molecular weight is 207 g/mol. The monoisotopic (exact) mass is 207 g/mol. The van der Waals surface area contributed by atoms with E-state index in [0.29, 0.717) is 6.54 Å². The van der Waals surface area contributed by atoms with E-state index < -0.39 is 0 Å². The molecule has 2 heteroatoms. The van der Waals surface area contributed by atoms with Gasteiger partial charge in [-0.2, -0.15) is 0 Å². The fourth-order valence-corrected chi connectivity index (χ4v) is 1.57. The van der Waals surface area contributed by atoms with Gasteiger partial charge in [0.1, 0.15) is 11.9 Å². The SMILES string of the molecule is CCC(CN)Oc1c(C)ccc(C)c1C. The van der Waals surface area contributed by atoms with Crippen molar-refractivity contribution in [1.82, 2.24) is 0 Å². The van der Waals surface area contributed by atoms with Crippen molar-refractivity contribution < 1.29 is 4.74 Å². The topological polar surface area (TPSA) is 35.2 Å². The van der Waals surface area contributed by atoms with Crippen molar-refractivity contribution in [1.29, 1.82) is 0 Å². The number of nitrogens with two attached hydrogens (primary N) is 1. The van der Waals surface area contributed by atoms with Crippen LogP contribution >= 0.6 is 0 Å². The summed E-state index contributed by atoms with van der Waals surface area (Å²) >= 11 is 0. The van der Waals surface area contributed by atoms with Crippen LogP contribution in [0.4, 0.5) is 0 Å². The number of hydrogen-bond acceptors (Lipinski definition) is 2. The predicted octanol–water partition coefficient (Wildman–Crippen LogP) is 2.73. The minimum absolute atomic E-state index is 0.129. The first kappa shape index (κ1) is 12.1. The van der Waals surface area contributed by atoms with E-state index in [-0.39, 0.29) is 6.10 Å². The molecule has 0 aromatic heterocycles. The molecule has 2 N–H and O–H groups in total. The zero-order valence-corrected chi connectivity index (χ0v) is 10.1. The minimum atomic E-state index is 0.129. The van der Waals surface area contributed by atoms with Gasteiger partial charge >= 0.3 is 0 Å². The molecule has 1 rings (SSSR count). The Morgan fingerprint density at radius 1 is 1.20 bits per heavy atom. The molecule has 0 aliphatic carbocycles. The van der Waals surface area contributed by atoms with Gasteiger partial charge < -0.3 is 10.5 Å². The maximum Gasteiger partial charge on any atom is 0.125 e. The van der Waals surface area contributed by atoms with Gasteiger partial charge in [0.2, 0.25) is 0 Å². The Kier molecular flexibility index (Phi) is 4.15. The van der Waals surface area contributed by atoms with Crippen LogP contribution < -0.4 is 10.5 Å². The van der Waals surface area contributed by atoms with E-state index in [4.69, 9.17) is 10.5 Å². The summed E-state index contributed by atoms with van der Waals surface area (Å²) < 4.78 is 5.93. The minimum Gasteiger partial charge on any atom is -0.489 e. The number of hydrogen-bond donors (Lipinski definition) is 1. The second-order valence-electron chi connectivity index (χ2n) is 4.04. The van der Waals surface area contributed by atoms with Crippen molar-refractivity contribution in [3.05, 3.63) is 28.8 Å². The highest BCUT2D eigenvalue weighted by molar-refractivity contribution is 5.44. The third kappa shape index (κ3) is 2.72. The lowest BCUT2D eigenvalue weighted by atomic mass is 10.1. The Labute approximate surface area is 92.4 Å². The zero-order chi connectivity index (χ0) is 11.4. The Balaban J connectivity index is 2.97. The van der Waals surface area contributed by atoms with E-state index in [2.05, 4.69) is 39.8 Å². The summed E-state index contributed by atoms with van der Waals surface area (Å²) in [5, 5.41) is 0. The first-order chi connectivity index (χ1) is 7.10. The molecule has 0 radical (unpaired) electrons. The van der Waals surface area contributed by atoms with Crippen molar-refractivity contribution in [2.24, 2.45) is 5.73 Å². The van der Waals surface area contributed by atoms with Crippen LogP contribution in [0.1, 0.15) is 30.0 Å². The zero-order valence-electron chi connectivity index (χ0n) is 10.1. The van der Waals surface area contributed by atoms with Crippen molar-refractivity contribution in [3.63, 3.8) is 0 Å². The van der Waals surface area contributed by atoms with Crippen LogP contribution in [0.5, 0.6) is 5.75 Å². The first-order valence-corrected chi connectivity index (χ1v) is 5.53. The molecule has 1 aromatic carbocycles. The van der Waals surface area contributed by atoms with Crippen molar-refractivity contribution in [3.8, 4) is 5.75 Å². The number of aryl methyl sites for hydroxylation is 2. The fraction of sp³-hybridized carbons (Fsp3) is 0.538. The molecule has 0 fully saturated rings. The Bertz CT molecular complexity index is 330. The van der Waals surface area contributed by atoms with Crippen molar-refractivity contribution in [2.45, 2.75) is 40.2 Å². The Morgan fingerprint density at radius 3 is 2.33 bits per heavy atom. The van der Waals surface area contributed by atoms with Crippen LogP contribution in [0.25, 0.3) is 0 Å². The van der Waals surface area contributed by atoms with Gasteiger partial charge in [-0.1, -0.05) is 19.1 Å². The molecule has 84 valence electrons. The molecule has 1 unspecified atom stereocenters. The molecule has 0 heterocycles. The molecule has 15 heavy (non-hydrogen) atoms. The Morgan fingerprint density at radius 2 is 1.80 bits per heavy atom. The number of benzene rings is 1. The quantitative estimate of drug-likeness (QED) is 0.824. The van der Waals surface area contributed by atoms with Gasteiger partial charge in [-0.05, 0) is 43.9 Å². The smallest absolute Gasteiger partial charge is 0.125 e. The van der Waals surface area contributed by atoms with E-state index >= 15 is 0 Å². The fourth-order valence-electron chi connectivity index (χ4n) is 1.57. The summed E-state index contributed by atoms with van der Waals surface area (Å²) in [7, 11) is 0. The van der Waals surface area contributed by atoms with Gasteiger partial charge in [-0.25, -0.2) is 0 Å². The molecular weight excluding hydrogens is 186 g/mol. The molecule has 0 aliphatic heterocycles. The van der Waals surface area contributed by atoms with Crippen molar-refractivity contribution in [2.75, 3.05) is 6.54 Å². The van der Waals surface area contributed by atoms with Gasteiger partial charge in [0.25, 0.3) is 0 Å². The lowest BCUT2D eigenvalue weighted by Crippen LogP contribution is -2.26. The molecule has 0 saturated carbocycles. The average Bonchev–Trinajstić information content (AvgIpc) is 2.24. The molecular formula is C13H21NO. The van der Waals surface area contributed by atoms with E-state index in [1.807, 2.05) is 0 Å². The van der Waals surface area contributed by atoms with Gasteiger partial charge in [0.15, 0.2) is 0 Å².